The average Bonchev–Trinajstić information content (AvgIpc) is 2.74. The molecular weight excluding hydrogens is 200 g/mol. The molecule has 16 heavy (non-hydrogen) atoms. The average molecular weight is 228 g/mol. The first-order valence-electron chi connectivity index (χ1n) is 6.93. The summed E-state index contributed by atoms with van der Waals surface area (Å²) >= 11 is 0. The number of hydrogen-bond acceptors (Lipinski definition) is 3. The lowest BCUT2D eigenvalue weighted by Gasteiger charge is -2.24. The van der Waals surface area contributed by atoms with Crippen molar-refractivity contribution in [3.8, 4) is 0 Å². The molecule has 3 N–H and O–H groups in total. The van der Waals surface area contributed by atoms with Crippen LogP contribution in [0.1, 0.15) is 51.4 Å². The number of rotatable bonds is 9. The molecule has 96 valence electrons. The number of likely N-dealkylation sites (tertiary alicyclic amines) is 1. The van der Waals surface area contributed by atoms with E-state index >= 15 is 0 Å². The molecule has 3 heteroatoms. The van der Waals surface area contributed by atoms with Gasteiger partial charge in [-0.25, -0.2) is 0 Å². The minimum atomic E-state index is 0.350. The highest BCUT2D eigenvalue weighted by atomic mass is 16.2. The van der Waals surface area contributed by atoms with Crippen LogP contribution in [-0.4, -0.2) is 42.3 Å². The fourth-order valence-electron chi connectivity index (χ4n) is 2.65. The van der Waals surface area contributed by atoms with Gasteiger partial charge in [0.1, 0.15) is 0 Å². The van der Waals surface area contributed by atoms with Crippen molar-refractivity contribution >= 4 is 0 Å². The van der Waals surface area contributed by atoms with E-state index < -0.39 is 0 Å². The first kappa shape index (κ1) is 13.9. The van der Waals surface area contributed by atoms with E-state index in [4.69, 9.17) is 10.8 Å². The van der Waals surface area contributed by atoms with Crippen LogP contribution in [0, 0.1) is 0 Å². The number of aliphatic hydroxyl groups excluding tert-OH is 1. The maximum Gasteiger partial charge on any atom is 0.0431 e. The second-order valence-corrected chi connectivity index (χ2v) is 4.90. The summed E-state index contributed by atoms with van der Waals surface area (Å²) in [6.07, 6.45) is 9.90. The van der Waals surface area contributed by atoms with Gasteiger partial charge in [0.2, 0.25) is 0 Å². The highest BCUT2D eigenvalue weighted by Gasteiger charge is 2.22. The van der Waals surface area contributed by atoms with E-state index in [0.29, 0.717) is 6.61 Å². The van der Waals surface area contributed by atoms with Gasteiger partial charge in [-0.2, -0.15) is 0 Å². The van der Waals surface area contributed by atoms with Gasteiger partial charge in [-0.1, -0.05) is 12.8 Å². The predicted molar refractivity (Wildman–Crippen MR) is 68.4 cm³/mol. The Morgan fingerprint density at radius 1 is 1.12 bits per heavy atom. The minimum Gasteiger partial charge on any atom is -0.396 e. The van der Waals surface area contributed by atoms with Crippen LogP contribution in [0.25, 0.3) is 0 Å². The van der Waals surface area contributed by atoms with Crippen LogP contribution in [0.3, 0.4) is 0 Å². The molecule has 0 saturated carbocycles. The van der Waals surface area contributed by atoms with Crippen LogP contribution < -0.4 is 5.73 Å². The zero-order valence-electron chi connectivity index (χ0n) is 10.5. The molecule has 1 heterocycles. The van der Waals surface area contributed by atoms with Crippen LogP contribution in [0.15, 0.2) is 0 Å². The number of aliphatic hydroxyl groups is 1. The molecule has 1 aliphatic rings. The van der Waals surface area contributed by atoms with E-state index in [9.17, 15) is 0 Å². The lowest BCUT2D eigenvalue weighted by Crippen LogP contribution is -2.30. The van der Waals surface area contributed by atoms with Gasteiger partial charge < -0.3 is 15.7 Å². The van der Waals surface area contributed by atoms with E-state index in [2.05, 4.69) is 4.90 Å². The molecule has 0 aromatic carbocycles. The molecule has 0 bridgehead atoms. The fraction of sp³-hybridized carbons (Fsp3) is 1.00. The van der Waals surface area contributed by atoms with Crippen LogP contribution in [0.4, 0.5) is 0 Å². The van der Waals surface area contributed by atoms with E-state index in [1.807, 2.05) is 0 Å². The molecule has 1 rings (SSSR count). The summed E-state index contributed by atoms with van der Waals surface area (Å²) in [6, 6.07) is 0.807. The topological polar surface area (TPSA) is 49.5 Å². The van der Waals surface area contributed by atoms with E-state index in [1.165, 1.54) is 58.0 Å². The fourth-order valence-corrected chi connectivity index (χ4v) is 2.65. The van der Waals surface area contributed by atoms with Crippen LogP contribution in [-0.2, 0) is 0 Å². The smallest absolute Gasteiger partial charge is 0.0431 e. The quantitative estimate of drug-likeness (QED) is 0.591. The minimum absolute atomic E-state index is 0.350. The third-order valence-electron chi connectivity index (χ3n) is 3.59. The Kier molecular flexibility index (Phi) is 7.81. The first-order valence-corrected chi connectivity index (χ1v) is 6.93. The molecule has 1 atom stereocenters. The summed E-state index contributed by atoms with van der Waals surface area (Å²) in [6.45, 7) is 3.72. The Balaban J connectivity index is 2.05. The number of nitrogens with zero attached hydrogens (tertiary/aromatic N) is 1. The van der Waals surface area contributed by atoms with Gasteiger partial charge in [-0.3, -0.25) is 0 Å². The zero-order valence-corrected chi connectivity index (χ0v) is 10.5. The van der Waals surface area contributed by atoms with Crippen molar-refractivity contribution in [3.63, 3.8) is 0 Å². The monoisotopic (exact) mass is 228 g/mol. The summed E-state index contributed by atoms with van der Waals surface area (Å²) in [7, 11) is 0. The van der Waals surface area contributed by atoms with Gasteiger partial charge in [0.15, 0.2) is 0 Å². The Hall–Kier alpha value is -0.120. The van der Waals surface area contributed by atoms with Gasteiger partial charge in [-0.05, 0) is 58.2 Å². The van der Waals surface area contributed by atoms with Crippen LogP contribution in [0.5, 0.6) is 0 Å². The highest BCUT2D eigenvalue weighted by molar-refractivity contribution is 4.78. The second-order valence-electron chi connectivity index (χ2n) is 4.90. The largest absolute Gasteiger partial charge is 0.396 e. The third-order valence-corrected chi connectivity index (χ3v) is 3.59. The Labute approximate surface area is 100 Å². The molecule has 0 aromatic rings. The van der Waals surface area contributed by atoms with Gasteiger partial charge in [0.05, 0.1) is 0 Å². The van der Waals surface area contributed by atoms with Crippen molar-refractivity contribution in [2.75, 3.05) is 26.2 Å². The van der Waals surface area contributed by atoms with Crippen LogP contribution in [0.2, 0.25) is 0 Å². The van der Waals surface area contributed by atoms with E-state index in [-0.39, 0.29) is 0 Å². The van der Waals surface area contributed by atoms with Gasteiger partial charge in [-0.15, -0.1) is 0 Å². The van der Waals surface area contributed by atoms with Crippen molar-refractivity contribution in [1.29, 1.82) is 0 Å². The molecule has 1 unspecified atom stereocenters. The Bertz CT molecular complexity index is 164. The SMILES string of the molecule is NCCCC1CCCN1CCCCCCO. The molecule has 0 aliphatic carbocycles. The van der Waals surface area contributed by atoms with Crippen molar-refractivity contribution < 1.29 is 5.11 Å². The van der Waals surface area contributed by atoms with Crippen molar-refractivity contribution in [1.82, 2.24) is 4.90 Å². The number of unbranched alkanes of at least 4 members (excludes halogenated alkanes) is 3. The molecule has 0 amide bonds. The molecule has 1 fully saturated rings. The lowest BCUT2D eigenvalue weighted by molar-refractivity contribution is 0.232. The first-order chi connectivity index (χ1) is 7.88. The van der Waals surface area contributed by atoms with Crippen molar-refractivity contribution in [2.45, 2.75) is 57.4 Å². The normalized spacial score (nSPS) is 21.8. The lowest BCUT2D eigenvalue weighted by atomic mass is 10.1. The number of nitrogens with two attached hydrogens (primary N) is 1. The summed E-state index contributed by atoms with van der Waals surface area (Å²) in [5, 5.41) is 8.69. The Morgan fingerprint density at radius 2 is 1.94 bits per heavy atom. The standard InChI is InChI=1S/C13H28N2O/c14-9-5-7-13-8-6-11-15(13)10-3-1-2-4-12-16/h13,16H,1-12,14H2. The summed E-state index contributed by atoms with van der Waals surface area (Å²) in [4.78, 5) is 2.65. The highest BCUT2D eigenvalue weighted by Crippen LogP contribution is 2.21. The second kappa shape index (κ2) is 8.97. The third kappa shape index (κ3) is 5.28. The molecule has 0 radical (unpaired) electrons. The van der Waals surface area contributed by atoms with Crippen LogP contribution >= 0.6 is 0 Å². The molecular formula is C13H28N2O. The zero-order chi connectivity index (χ0) is 11.6. The summed E-state index contributed by atoms with van der Waals surface area (Å²) in [5.74, 6) is 0. The molecule has 1 aliphatic heterocycles. The molecule has 0 spiro atoms. The maximum absolute atomic E-state index is 8.69. The van der Waals surface area contributed by atoms with Gasteiger partial charge >= 0.3 is 0 Å². The van der Waals surface area contributed by atoms with Crippen molar-refractivity contribution in [3.05, 3.63) is 0 Å². The molecule has 0 aromatic heterocycles. The van der Waals surface area contributed by atoms with Gasteiger partial charge in [0, 0.05) is 12.6 Å². The van der Waals surface area contributed by atoms with E-state index in [0.717, 1.165) is 19.0 Å². The Morgan fingerprint density at radius 3 is 2.69 bits per heavy atom. The maximum atomic E-state index is 8.69. The molecule has 1 saturated heterocycles. The van der Waals surface area contributed by atoms with Crippen molar-refractivity contribution in [2.24, 2.45) is 5.73 Å². The summed E-state index contributed by atoms with van der Waals surface area (Å²) < 4.78 is 0. The van der Waals surface area contributed by atoms with Gasteiger partial charge in [0.25, 0.3) is 0 Å². The molecule has 3 nitrogen and oxygen atoms in total. The predicted octanol–water partition coefficient (Wildman–Crippen LogP) is 1.74. The van der Waals surface area contributed by atoms with E-state index in [1.54, 1.807) is 0 Å². The number of hydrogen-bond donors (Lipinski definition) is 2. The summed E-state index contributed by atoms with van der Waals surface area (Å²) in [5.41, 5.74) is 5.56.